The lowest BCUT2D eigenvalue weighted by Gasteiger charge is -2.03. The zero-order valence-electron chi connectivity index (χ0n) is 11.3. The van der Waals surface area contributed by atoms with Crippen LogP contribution in [-0.2, 0) is 19.9 Å². The predicted octanol–water partition coefficient (Wildman–Crippen LogP) is 3.08. The van der Waals surface area contributed by atoms with E-state index in [1.807, 2.05) is 29.8 Å². The fraction of sp³-hybridized carbons (Fsp3) is 0.188. The molecule has 3 aromatic rings. The van der Waals surface area contributed by atoms with E-state index in [-0.39, 0.29) is 5.82 Å². The van der Waals surface area contributed by atoms with Crippen molar-refractivity contribution in [3.63, 3.8) is 0 Å². The topological polar surface area (TPSA) is 43.8 Å². The van der Waals surface area contributed by atoms with Crippen LogP contribution in [0.1, 0.15) is 11.4 Å². The van der Waals surface area contributed by atoms with Gasteiger partial charge in [-0.1, -0.05) is 12.1 Å². The van der Waals surface area contributed by atoms with Crippen molar-refractivity contribution in [2.45, 2.75) is 12.8 Å². The monoisotopic (exact) mass is 269 g/mol. The molecule has 1 aromatic heterocycles. The summed E-state index contributed by atoms with van der Waals surface area (Å²) in [5, 5.41) is 0. The lowest BCUT2D eigenvalue weighted by atomic mass is 10.1. The first-order valence-electron chi connectivity index (χ1n) is 6.59. The lowest BCUT2D eigenvalue weighted by molar-refractivity contribution is 0.629. The summed E-state index contributed by atoms with van der Waals surface area (Å²) in [4.78, 5) is 4.50. The molecule has 0 saturated heterocycles. The second-order valence-corrected chi connectivity index (χ2v) is 4.97. The van der Waals surface area contributed by atoms with Gasteiger partial charge in [-0.25, -0.2) is 9.37 Å². The third-order valence-electron chi connectivity index (χ3n) is 3.52. The van der Waals surface area contributed by atoms with Crippen molar-refractivity contribution >= 4 is 16.7 Å². The Morgan fingerprint density at radius 3 is 2.80 bits per heavy atom. The number of fused-ring (bicyclic) bond motifs is 1. The van der Waals surface area contributed by atoms with Gasteiger partial charge in [-0.2, -0.15) is 0 Å². The molecule has 0 fully saturated rings. The Balaban J connectivity index is 1.86. The van der Waals surface area contributed by atoms with Crippen molar-refractivity contribution in [1.82, 2.24) is 9.55 Å². The number of nitrogen functional groups attached to an aromatic ring is 1. The van der Waals surface area contributed by atoms with Gasteiger partial charge in [0, 0.05) is 25.2 Å². The second kappa shape index (κ2) is 4.96. The first-order chi connectivity index (χ1) is 9.63. The van der Waals surface area contributed by atoms with Gasteiger partial charge in [0.15, 0.2) is 0 Å². The molecular weight excluding hydrogens is 253 g/mol. The Hall–Kier alpha value is -2.36. The van der Waals surface area contributed by atoms with Crippen molar-refractivity contribution in [3.8, 4) is 0 Å². The van der Waals surface area contributed by atoms with E-state index in [0.717, 1.165) is 29.9 Å². The summed E-state index contributed by atoms with van der Waals surface area (Å²) in [6.45, 7) is 0. The average molecular weight is 269 g/mol. The zero-order chi connectivity index (χ0) is 14.1. The number of hydrogen-bond acceptors (Lipinski definition) is 2. The molecule has 2 N–H and O–H groups in total. The van der Waals surface area contributed by atoms with Gasteiger partial charge in [0.05, 0.1) is 11.0 Å². The largest absolute Gasteiger partial charge is 0.399 e. The van der Waals surface area contributed by atoms with E-state index in [1.54, 1.807) is 6.07 Å². The molecule has 0 saturated carbocycles. The maximum atomic E-state index is 13.2. The molecule has 1 heterocycles. The van der Waals surface area contributed by atoms with Crippen LogP contribution in [0, 0.1) is 5.82 Å². The molecule has 0 unspecified atom stereocenters. The van der Waals surface area contributed by atoms with E-state index in [9.17, 15) is 4.39 Å². The summed E-state index contributed by atoms with van der Waals surface area (Å²) >= 11 is 0. The SMILES string of the molecule is Cn1c(CCc2cccc(N)c2)nc2cc(F)ccc21. The standard InChI is InChI=1S/C16H16FN3/c1-20-15-7-6-12(17)10-14(15)19-16(20)8-5-11-3-2-4-13(18)9-11/h2-4,6-7,9-10H,5,8,18H2,1H3. The minimum atomic E-state index is -0.252. The van der Waals surface area contributed by atoms with E-state index >= 15 is 0 Å². The summed E-state index contributed by atoms with van der Waals surface area (Å²) in [7, 11) is 1.96. The highest BCUT2D eigenvalue weighted by molar-refractivity contribution is 5.75. The van der Waals surface area contributed by atoms with Crippen LogP contribution in [0.4, 0.5) is 10.1 Å². The van der Waals surface area contributed by atoms with E-state index < -0.39 is 0 Å². The predicted molar refractivity (Wildman–Crippen MR) is 78.9 cm³/mol. The van der Waals surface area contributed by atoms with E-state index in [4.69, 9.17) is 5.73 Å². The van der Waals surface area contributed by atoms with Gasteiger partial charge in [0.2, 0.25) is 0 Å². The number of nitrogens with zero attached hydrogens (tertiary/aromatic N) is 2. The Bertz CT molecular complexity index is 762. The molecule has 102 valence electrons. The number of aryl methyl sites for hydroxylation is 3. The molecule has 4 heteroatoms. The van der Waals surface area contributed by atoms with E-state index in [2.05, 4.69) is 11.1 Å². The van der Waals surface area contributed by atoms with Crippen LogP contribution in [0.3, 0.4) is 0 Å². The van der Waals surface area contributed by atoms with Crippen molar-refractivity contribution in [3.05, 3.63) is 59.7 Å². The summed E-state index contributed by atoms with van der Waals surface area (Å²) in [5.74, 6) is 0.700. The Morgan fingerprint density at radius 1 is 1.15 bits per heavy atom. The zero-order valence-corrected chi connectivity index (χ0v) is 11.3. The normalized spacial score (nSPS) is 11.1. The van der Waals surface area contributed by atoms with Crippen LogP contribution >= 0.6 is 0 Å². The molecule has 0 aliphatic rings. The van der Waals surface area contributed by atoms with Crippen LogP contribution in [0.2, 0.25) is 0 Å². The van der Waals surface area contributed by atoms with Gasteiger partial charge in [-0.15, -0.1) is 0 Å². The third kappa shape index (κ3) is 2.37. The van der Waals surface area contributed by atoms with Crippen molar-refractivity contribution in [1.29, 1.82) is 0 Å². The van der Waals surface area contributed by atoms with Crippen molar-refractivity contribution < 1.29 is 4.39 Å². The summed E-state index contributed by atoms with van der Waals surface area (Å²) < 4.78 is 15.2. The number of halogens is 1. The molecule has 20 heavy (non-hydrogen) atoms. The molecule has 0 radical (unpaired) electrons. The molecule has 2 aromatic carbocycles. The van der Waals surface area contributed by atoms with Crippen molar-refractivity contribution in [2.24, 2.45) is 7.05 Å². The fourth-order valence-corrected chi connectivity index (χ4v) is 2.45. The van der Waals surface area contributed by atoms with Gasteiger partial charge < -0.3 is 10.3 Å². The van der Waals surface area contributed by atoms with Crippen LogP contribution in [0.5, 0.6) is 0 Å². The van der Waals surface area contributed by atoms with E-state index in [1.165, 1.54) is 17.7 Å². The maximum absolute atomic E-state index is 13.2. The van der Waals surface area contributed by atoms with Crippen LogP contribution in [0.25, 0.3) is 11.0 Å². The highest BCUT2D eigenvalue weighted by Gasteiger charge is 2.08. The number of rotatable bonds is 3. The number of anilines is 1. The molecule has 0 aliphatic carbocycles. The van der Waals surface area contributed by atoms with Crippen LogP contribution in [-0.4, -0.2) is 9.55 Å². The van der Waals surface area contributed by atoms with Gasteiger partial charge in [0.1, 0.15) is 11.6 Å². The number of benzene rings is 2. The van der Waals surface area contributed by atoms with E-state index in [0.29, 0.717) is 5.52 Å². The number of imidazole rings is 1. The molecule has 0 aliphatic heterocycles. The molecule has 0 atom stereocenters. The summed E-state index contributed by atoms with van der Waals surface area (Å²) in [5.41, 5.74) is 9.39. The molecule has 0 spiro atoms. The fourth-order valence-electron chi connectivity index (χ4n) is 2.45. The quantitative estimate of drug-likeness (QED) is 0.743. The summed E-state index contributed by atoms with van der Waals surface area (Å²) in [6.07, 6.45) is 1.67. The molecule has 3 nitrogen and oxygen atoms in total. The molecule has 3 rings (SSSR count). The van der Waals surface area contributed by atoms with Gasteiger partial charge in [-0.05, 0) is 36.2 Å². The number of nitrogens with two attached hydrogens (primary N) is 1. The highest BCUT2D eigenvalue weighted by Crippen LogP contribution is 2.18. The molecular formula is C16H16FN3. The van der Waals surface area contributed by atoms with Gasteiger partial charge in [-0.3, -0.25) is 0 Å². The van der Waals surface area contributed by atoms with Crippen molar-refractivity contribution in [2.75, 3.05) is 5.73 Å². The molecule has 0 bridgehead atoms. The molecule has 0 amide bonds. The lowest BCUT2D eigenvalue weighted by Crippen LogP contribution is -2.00. The summed E-state index contributed by atoms with van der Waals surface area (Å²) in [6, 6.07) is 12.6. The Labute approximate surface area is 116 Å². The smallest absolute Gasteiger partial charge is 0.125 e. The minimum absolute atomic E-state index is 0.252. The first-order valence-corrected chi connectivity index (χ1v) is 6.59. The number of aromatic nitrogens is 2. The van der Waals surface area contributed by atoms with Gasteiger partial charge >= 0.3 is 0 Å². The minimum Gasteiger partial charge on any atom is -0.399 e. The van der Waals surface area contributed by atoms with Crippen LogP contribution in [0.15, 0.2) is 42.5 Å². The third-order valence-corrected chi connectivity index (χ3v) is 3.52. The second-order valence-electron chi connectivity index (χ2n) is 4.97. The maximum Gasteiger partial charge on any atom is 0.125 e. The first kappa shape index (κ1) is 12.7. The number of hydrogen-bond donors (Lipinski definition) is 1. The Morgan fingerprint density at radius 2 is 2.00 bits per heavy atom. The van der Waals surface area contributed by atoms with Gasteiger partial charge in [0.25, 0.3) is 0 Å². The van der Waals surface area contributed by atoms with Crippen LogP contribution < -0.4 is 5.73 Å². The average Bonchev–Trinajstić information content (AvgIpc) is 2.72. The Kier molecular flexibility index (Phi) is 3.14. The highest BCUT2D eigenvalue weighted by atomic mass is 19.1.